The van der Waals surface area contributed by atoms with Crippen molar-refractivity contribution in [3.8, 4) is 0 Å². The van der Waals surface area contributed by atoms with Crippen LogP contribution in [0.15, 0.2) is 17.3 Å². The maximum Gasteiger partial charge on any atom is 0.244 e. The molecule has 1 aliphatic rings. The highest BCUT2D eigenvalue weighted by Crippen LogP contribution is 2.11. The van der Waals surface area contributed by atoms with Gasteiger partial charge in [-0.05, 0) is 12.8 Å². The number of aromatic nitrogens is 2. The van der Waals surface area contributed by atoms with Crippen LogP contribution in [0.1, 0.15) is 12.8 Å². The quantitative estimate of drug-likeness (QED) is 0.659. The second-order valence-electron chi connectivity index (χ2n) is 4.10. The van der Waals surface area contributed by atoms with Crippen LogP contribution in [-0.2, 0) is 14.8 Å². The van der Waals surface area contributed by atoms with Gasteiger partial charge in [-0.1, -0.05) is 0 Å². The van der Waals surface area contributed by atoms with Gasteiger partial charge in [0.25, 0.3) is 0 Å². The molecule has 1 amide bonds. The van der Waals surface area contributed by atoms with Gasteiger partial charge in [0.1, 0.15) is 10.9 Å². The molecule has 1 aromatic heterocycles. The molecule has 2 rings (SSSR count). The van der Waals surface area contributed by atoms with Gasteiger partial charge in [0.2, 0.25) is 21.9 Å². The van der Waals surface area contributed by atoms with E-state index in [0.29, 0.717) is 18.9 Å². The van der Waals surface area contributed by atoms with Gasteiger partial charge in [-0.25, -0.2) is 18.4 Å². The lowest BCUT2D eigenvalue weighted by Crippen LogP contribution is -2.50. The summed E-state index contributed by atoms with van der Waals surface area (Å²) < 4.78 is 26.5. The highest BCUT2D eigenvalue weighted by atomic mass is 32.2. The van der Waals surface area contributed by atoms with Crippen molar-refractivity contribution < 1.29 is 13.2 Å². The number of nitrogens with zero attached hydrogens (tertiary/aromatic N) is 2. The fraction of sp³-hybridized carbons (Fsp3) is 0.500. The van der Waals surface area contributed by atoms with E-state index in [-0.39, 0.29) is 10.8 Å². The van der Waals surface area contributed by atoms with E-state index in [4.69, 9.17) is 0 Å². The van der Waals surface area contributed by atoms with E-state index < -0.39 is 16.1 Å². The molecule has 1 aliphatic heterocycles. The zero-order valence-electron chi connectivity index (χ0n) is 10.4. The second-order valence-corrected chi connectivity index (χ2v) is 5.81. The smallest absolute Gasteiger partial charge is 0.244 e. The van der Waals surface area contributed by atoms with Crippen LogP contribution in [-0.4, -0.2) is 43.9 Å². The van der Waals surface area contributed by atoms with Crippen LogP contribution in [0.5, 0.6) is 0 Å². The van der Waals surface area contributed by atoms with Crippen LogP contribution in [0.3, 0.4) is 0 Å². The topological polar surface area (TPSA) is 113 Å². The number of carbonyl (C=O) groups is 1. The van der Waals surface area contributed by atoms with Crippen molar-refractivity contribution in [2.75, 3.05) is 18.9 Å². The van der Waals surface area contributed by atoms with Gasteiger partial charge in [0.15, 0.2) is 0 Å². The number of hydrogen-bond donors (Lipinski definition) is 3. The molecule has 0 bridgehead atoms. The zero-order valence-corrected chi connectivity index (χ0v) is 11.2. The predicted octanol–water partition coefficient (Wildman–Crippen LogP) is -0.925. The predicted molar refractivity (Wildman–Crippen MR) is 67.9 cm³/mol. The van der Waals surface area contributed by atoms with Gasteiger partial charge in [-0.15, -0.1) is 0 Å². The molecule has 2 heterocycles. The third-order valence-electron chi connectivity index (χ3n) is 2.74. The van der Waals surface area contributed by atoms with Crippen molar-refractivity contribution in [1.82, 2.24) is 20.0 Å². The fourth-order valence-electron chi connectivity index (χ4n) is 1.72. The van der Waals surface area contributed by atoms with Crippen molar-refractivity contribution in [2.24, 2.45) is 0 Å². The number of hydrogen-bond acceptors (Lipinski definition) is 6. The molecule has 1 saturated heterocycles. The SMILES string of the molecule is CNc1ncc(S(=O)(=O)NC2CCCNC2=O)cn1. The van der Waals surface area contributed by atoms with Crippen LogP contribution in [0.4, 0.5) is 5.95 Å². The van der Waals surface area contributed by atoms with Gasteiger partial charge >= 0.3 is 0 Å². The van der Waals surface area contributed by atoms with E-state index in [2.05, 4.69) is 25.3 Å². The molecule has 0 spiro atoms. The number of rotatable bonds is 4. The summed E-state index contributed by atoms with van der Waals surface area (Å²) in [7, 11) is -2.15. The summed E-state index contributed by atoms with van der Waals surface area (Å²) >= 11 is 0. The van der Waals surface area contributed by atoms with Gasteiger partial charge in [-0.2, -0.15) is 4.72 Å². The maximum absolute atomic E-state index is 12.1. The average Bonchev–Trinajstić information content (AvgIpc) is 2.41. The number of amides is 1. The molecular weight excluding hydrogens is 270 g/mol. The summed E-state index contributed by atoms with van der Waals surface area (Å²) in [6, 6.07) is -0.734. The summed E-state index contributed by atoms with van der Waals surface area (Å²) in [4.78, 5) is 19.1. The third kappa shape index (κ3) is 3.18. The Kier molecular flexibility index (Phi) is 3.96. The van der Waals surface area contributed by atoms with E-state index in [1.807, 2.05) is 0 Å². The average molecular weight is 285 g/mol. The molecule has 8 nitrogen and oxygen atoms in total. The first-order valence-electron chi connectivity index (χ1n) is 5.83. The molecule has 1 unspecified atom stereocenters. The van der Waals surface area contributed by atoms with E-state index in [1.54, 1.807) is 7.05 Å². The minimum atomic E-state index is -3.78. The molecule has 1 atom stereocenters. The number of piperidine rings is 1. The molecular formula is C10H15N5O3S. The Hall–Kier alpha value is -1.74. The molecule has 9 heteroatoms. The number of sulfonamides is 1. The van der Waals surface area contributed by atoms with Crippen LogP contribution in [0.2, 0.25) is 0 Å². The molecule has 0 saturated carbocycles. The van der Waals surface area contributed by atoms with E-state index >= 15 is 0 Å². The highest BCUT2D eigenvalue weighted by Gasteiger charge is 2.27. The summed E-state index contributed by atoms with van der Waals surface area (Å²) in [5.74, 6) is 0.0250. The summed E-state index contributed by atoms with van der Waals surface area (Å²) in [5, 5.41) is 5.31. The van der Waals surface area contributed by atoms with Crippen molar-refractivity contribution in [3.63, 3.8) is 0 Å². The highest BCUT2D eigenvalue weighted by molar-refractivity contribution is 7.89. The molecule has 0 aromatic carbocycles. The Labute approximate surface area is 111 Å². The Morgan fingerprint density at radius 1 is 1.37 bits per heavy atom. The Balaban J connectivity index is 2.14. The van der Waals surface area contributed by atoms with Crippen molar-refractivity contribution in [2.45, 2.75) is 23.8 Å². The molecule has 19 heavy (non-hydrogen) atoms. The maximum atomic E-state index is 12.1. The Bertz CT molecular complexity index is 557. The Morgan fingerprint density at radius 2 is 2.05 bits per heavy atom. The summed E-state index contributed by atoms with van der Waals surface area (Å²) in [6.45, 7) is 0.580. The van der Waals surface area contributed by atoms with Gasteiger partial charge in [-0.3, -0.25) is 4.79 Å². The van der Waals surface area contributed by atoms with Gasteiger partial charge < -0.3 is 10.6 Å². The number of nitrogens with one attached hydrogen (secondary N) is 3. The van der Waals surface area contributed by atoms with Crippen LogP contribution in [0.25, 0.3) is 0 Å². The van der Waals surface area contributed by atoms with E-state index in [1.165, 1.54) is 12.4 Å². The summed E-state index contributed by atoms with van der Waals surface area (Å²) in [5.41, 5.74) is 0. The minimum absolute atomic E-state index is 0.0649. The molecule has 1 fully saturated rings. The normalized spacial score (nSPS) is 19.8. The standard InChI is InChI=1S/C10H15N5O3S/c1-11-10-13-5-7(6-14-10)19(17,18)15-8-3-2-4-12-9(8)16/h5-6,8,15H,2-4H2,1H3,(H,12,16)(H,11,13,14). The minimum Gasteiger partial charge on any atom is -0.357 e. The fourth-order valence-corrected chi connectivity index (χ4v) is 2.84. The first kappa shape index (κ1) is 13.7. The first-order chi connectivity index (χ1) is 9.03. The van der Waals surface area contributed by atoms with E-state index in [9.17, 15) is 13.2 Å². The lowest BCUT2D eigenvalue weighted by Gasteiger charge is -2.22. The largest absolute Gasteiger partial charge is 0.357 e. The van der Waals surface area contributed by atoms with Crippen molar-refractivity contribution in [1.29, 1.82) is 0 Å². The zero-order chi connectivity index (χ0) is 13.9. The molecule has 104 valence electrons. The molecule has 0 radical (unpaired) electrons. The molecule has 3 N–H and O–H groups in total. The van der Waals surface area contributed by atoms with Gasteiger partial charge in [0.05, 0.1) is 12.4 Å². The van der Waals surface area contributed by atoms with Gasteiger partial charge in [0, 0.05) is 13.6 Å². The molecule has 0 aliphatic carbocycles. The first-order valence-corrected chi connectivity index (χ1v) is 7.31. The second kappa shape index (κ2) is 5.49. The Morgan fingerprint density at radius 3 is 2.63 bits per heavy atom. The lowest BCUT2D eigenvalue weighted by atomic mass is 10.1. The monoisotopic (exact) mass is 285 g/mol. The van der Waals surface area contributed by atoms with Crippen LogP contribution in [0, 0.1) is 0 Å². The molecule has 1 aromatic rings. The van der Waals surface area contributed by atoms with Crippen molar-refractivity contribution in [3.05, 3.63) is 12.4 Å². The van der Waals surface area contributed by atoms with E-state index in [0.717, 1.165) is 6.42 Å². The number of carbonyl (C=O) groups excluding carboxylic acids is 1. The van der Waals surface area contributed by atoms with Crippen LogP contribution < -0.4 is 15.4 Å². The van der Waals surface area contributed by atoms with Crippen molar-refractivity contribution >= 4 is 21.9 Å². The number of anilines is 1. The lowest BCUT2D eigenvalue weighted by molar-refractivity contribution is -0.124. The summed E-state index contributed by atoms with van der Waals surface area (Å²) in [6.07, 6.45) is 3.62. The third-order valence-corrected chi connectivity index (χ3v) is 4.17. The van der Waals surface area contributed by atoms with Crippen LogP contribution >= 0.6 is 0 Å².